The van der Waals surface area contributed by atoms with Crippen LogP contribution >= 0.6 is 0 Å². The van der Waals surface area contributed by atoms with Crippen LogP contribution in [-0.2, 0) is 5.54 Å². The summed E-state index contributed by atoms with van der Waals surface area (Å²) in [4.78, 5) is 28.5. The molecular weight excluding hydrogens is 432 g/mol. The molecule has 2 saturated heterocycles. The number of benzene rings is 1. The number of pyridine rings is 1. The summed E-state index contributed by atoms with van der Waals surface area (Å²) in [6.45, 7) is 5.12. The average Bonchev–Trinajstić information content (AvgIpc) is 3.25. The second-order valence-electron chi connectivity index (χ2n) is 9.45. The fourth-order valence-electron chi connectivity index (χ4n) is 5.49. The van der Waals surface area contributed by atoms with Gasteiger partial charge in [0.05, 0.1) is 11.1 Å². The molecule has 1 aromatic carbocycles. The van der Waals surface area contributed by atoms with Gasteiger partial charge in [-0.05, 0) is 74.9 Å². The van der Waals surface area contributed by atoms with E-state index in [0.717, 1.165) is 43.6 Å². The molecule has 4 heterocycles. The topological polar surface area (TPSA) is 115 Å². The normalized spacial score (nSPS) is 18.8. The molecule has 0 spiro atoms. The smallest absolute Gasteiger partial charge is 0.407 e. The SMILES string of the molecule is CCC1(n2nc(Nc3ccc(C4CCNCC4)cc3)c3c(=O)[nH]ccc32)CCN(C(=O)O)CC1. The first-order valence-corrected chi connectivity index (χ1v) is 12.2. The standard InChI is InChI=1S/C25H32N6O3/c1-2-25(10-15-30(16-11-25)24(33)34)31-20-9-14-27-23(32)21(20)22(29-31)28-19-5-3-17(4-6-19)18-7-12-26-13-8-18/h3-6,9,14,18,26H,2,7-8,10-13,15-16H2,1H3,(H,27,32)(H,28,29)(H,33,34). The van der Waals surface area contributed by atoms with Crippen LogP contribution in [0.15, 0.2) is 41.3 Å². The summed E-state index contributed by atoms with van der Waals surface area (Å²) in [7, 11) is 0. The molecule has 0 radical (unpaired) electrons. The number of hydrogen-bond acceptors (Lipinski definition) is 5. The van der Waals surface area contributed by atoms with Crippen molar-refractivity contribution in [1.82, 2.24) is 25.0 Å². The molecular formula is C25H32N6O3. The van der Waals surface area contributed by atoms with E-state index in [-0.39, 0.29) is 11.1 Å². The molecule has 0 unspecified atom stereocenters. The van der Waals surface area contributed by atoms with Crippen molar-refractivity contribution < 1.29 is 9.90 Å². The second kappa shape index (κ2) is 9.13. The number of likely N-dealkylation sites (tertiary alicyclic amines) is 1. The van der Waals surface area contributed by atoms with E-state index in [1.807, 2.05) is 10.7 Å². The lowest BCUT2D eigenvalue weighted by Gasteiger charge is -2.41. The third-order valence-corrected chi connectivity index (χ3v) is 7.66. The summed E-state index contributed by atoms with van der Waals surface area (Å²) in [5.74, 6) is 1.11. The van der Waals surface area contributed by atoms with E-state index in [0.29, 0.717) is 43.1 Å². The molecule has 0 bridgehead atoms. The van der Waals surface area contributed by atoms with Gasteiger partial charge >= 0.3 is 6.09 Å². The first-order valence-electron chi connectivity index (χ1n) is 12.2. The summed E-state index contributed by atoms with van der Waals surface area (Å²) in [5.41, 5.74) is 2.47. The van der Waals surface area contributed by atoms with Gasteiger partial charge in [0.1, 0.15) is 5.39 Å². The van der Waals surface area contributed by atoms with E-state index in [1.165, 1.54) is 10.5 Å². The third-order valence-electron chi connectivity index (χ3n) is 7.66. The number of anilines is 2. The Morgan fingerprint density at radius 1 is 1.18 bits per heavy atom. The molecule has 4 N–H and O–H groups in total. The summed E-state index contributed by atoms with van der Waals surface area (Å²) in [5, 5.41) is 21.6. The molecule has 5 rings (SSSR count). The lowest BCUT2D eigenvalue weighted by atomic mass is 9.85. The Morgan fingerprint density at radius 3 is 2.53 bits per heavy atom. The highest BCUT2D eigenvalue weighted by Crippen LogP contribution is 2.37. The van der Waals surface area contributed by atoms with Crippen LogP contribution in [0.4, 0.5) is 16.3 Å². The lowest BCUT2D eigenvalue weighted by Crippen LogP contribution is -2.47. The molecule has 1 amide bonds. The van der Waals surface area contributed by atoms with E-state index in [1.54, 1.807) is 6.20 Å². The van der Waals surface area contributed by atoms with Crippen LogP contribution in [0.3, 0.4) is 0 Å². The van der Waals surface area contributed by atoms with E-state index in [2.05, 4.69) is 46.8 Å². The van der Waals surface area contributed by atoms with Crippen molar-refractivity contribution in [2.24, 2.45) is 0 Å². The number of nitrogens with zero attached hydrogens (tertiary/aromatic N) is 3. The van der Waals surface area contributed by atoms with Gasteiger partial charge in [-0.3, -0.25) is 9.48 Å². The summed E-state index contributed by atoms with van der Waals surface area (Å²) < 4.78 is 1.96. The highest BCUT2D eigenvalue weighted by Gasteiger charge is 2.38. The number of carboxylic acid groups (broad SMARTS) is 1. The molecule has 34 heavy (non-hydrogen) atoms. The number of rotatable bonds is 5. The van der Waals surface area contributed by atoms with Crippen LogP contribution in [0.25, 0.3) is 10.9 Å². The first kappa shape index (κ1) is 22.5. The fraction of sp³-hybridized carbons (Fsp3) is 0.480. The number of amides is 1. The summed E-state index contributed by atoms with van der Waals surface area (Å²) in [6, 6.07) is 10.3. The van der Waals surface area contributed by atoms with Gasteiger partial charge in [-0.25, -0.2) is 4.79 Å². The zero-order chi connectivity index (χ0) is 23.7. The molecule has 2 fully saturated rings. The molecule has 9 nitrogen and oxygen atoms in total. The van der Waals surface area contributed by atoms with Crippen LogP contribution in [0.5, 0.6) is 0 Å². The maximum Gasteiger partial charge on any atom is 0.407 e. The highest BCUT2D eigenvalue weighted by atomic mass is 16.4. The molecule has 9 heteroatoms. The first-order chi connectivity index (χ1) is 16.5. The van der Waals surface area contributed by atoms with Crippen molar-refractivity contribution in [3.8, 4) is 0 Å². The van der Waals surface area contributed by atoms with Crippen molar-refractivity contribution >= 4 is 28.5 Å². The van der Waals surface area contributed by atoms with E-state index in [9.17, 15) is 14.7 Å². The van der Waals surface area contributed by atoms with Crippen molar-refractivity contribution in [2.45, 2.75) is 50.5 Å². The Labute approximate surface area is 198 Å². The van der Waals surface area contributed by atoms with Gasteiger partial charge in [0, 0.05) is 25.0 Å². The Balaban J connectivity index is 1.47. The number of H-pyrrole nitrogens is 1. The zero-order valence-electron chi connectivity index (χ0n) is 19.5. The molecule has 2 aromatic heterocycles. The molecule has 0 aliphatic carbocycles. The van der Waals surface area contributed by atoms with Crippen LogP contribution in [0.2, 0.25) is 0 Å². The Bertz CT molecular complexity index is 1220. The molecule has 2 aliphatic rings. The Kier molecular flexibility index (Phi) is 6.03. The minimum absolute atomic E-state index is 0.188. The quantitative estimate of drug-likeness (QED) is 0.456. The Morgan fingerprint density at radius 2 is 1.88 bits per heavy atom. The molecule has 180 valence electrons. The maximum atomic E-state index is 12.8. The maximum absolute atomic E-state index is 12.8. The predicted octanol–water partition coefficient (Wildman–Crippen LogP) is 3.81. The van der Waals surface area contributed by atoms with Gasteiger partial charge in [-0.1, -0.05) is 19.1 Å². The van der Waals surface area contributed by atoms with Gasteiger partial charge in [0.25, 0.3) is 5.56 Å². The molecule has 2 aliphatic heterocycles. The third kappa shape index (κ3) is 4.04. The number of nitrogens with one attached hydrogen (secondary N) is 3. The van der Waals surface area contributed by atoms with Gasteiger partial charge < -0.3 is 25.6 Å². The van der Waals surface area contributed by atoms with Gasteiger partial charge in [-0.2, -0.15) is 5.10 Å². The monoisotopic (exact) mass is 464 g/mol. The second-order valence-corrected chi connectivity index (χ2v) is 9.45. The number of hydrogen-bond donors (Lipinski definition) is 4. The number of aromatic amines is 1. The Hall–Kier alpha value is -3.33. The van der Waals surface area contributed by atoms with E-state index in [4.69, 9.17) is 5.10 Å². The zero-order valence-corrected chi connectivity index (χ0v) is 19.5. The predicted molar refractivity (Wildman–Crippen MR) is 132 cm³/mol. The largest absolute Gasteiger partial charge is 0.465 e. The van der Waals surface area contributed by atoms with Crippen LogP contribution in [0, 0.1) is 0 Å². The van der Waals surface area contributed by atoms with Gasteiger partial charge in [0.15, 0.2) is 5.82 Å². The summed E-state index contributed by atoms with van der Waals surface area (Å²) in [6.07, 6.45) is 5.17. The average molecular weight is 465 g/mol. The molecule has 0 saturated carbocycles. The summed E-state index contributed by atoms with van der Waals surface area (Å²) >= 11 is 0. The van der Waals surface area contributed by atoms with Gasteiger partial charge in [-0.15, -0.1) is 0 Å². The van der Waals surface area contributed by atoms with Crippen LogP contribution in [0.1, 0.15) is 50.5 Å². The van der Waals surface area contributed by atoms with Crippen molar-refractivity contribution in [3.05, 3.63) is 52.4 Å². The van der Waals surface area contributed by atoms with Crippen molar-refractivity contribution in [2.75, 3.05) is 31.5 Å². The number of piperidine rings is 2. The van der Waals surface area contributed by atoms with Crippen LogP contribution < -0.4 is 16.2 Å². The van der Waals surface area contributed by atoms with Gasteiger partial charge in [0.2, 0.25) is 0 Å². The minimum Gasteiger partial charge on any atom is -0.465 e. The fourth-order valence-corrected chi connectivity index (χ4v) is 5.49. The number of fused-ring (bicyclic) bond motifs is 1. The van der Waals surface area contributed by atoms with Crippen molar-refractivity contribution in [1.29, 1.82) is 0 Å². The highest BCUT2D eigenvalue weighted by molar-refractivity contribution is 5.91. The number of aromatic nitrogens is 3. The van der Waals surface area contributed by atoms with E-state index >= 15 is 0 Å². The van der Waals surface area contributed by atoms with Crippen LogP contribution in [-0.4, -0.2) is 57.0 Å². The molecule has 0 atom stereocenters. The van der Waals surface area contributed by atoms with Crippen molar-refractivity contribution in [3.63, 3.8) is 0 Å². The lowest BCUT2D eigenvalue weighted by molar-refractivity contribution is 0.0869. The minimum atomic E-state index is -0.887. The molecule has 3 aromatic rings. The number of carbonyl (C=O) groups is 1. The van der Waals surface area contributed by atoms with E-state index < -0.39 is 6.09 Å².